The van der Waals surface area contributed by atoms with Crippen LogP contribution in [0.5, 0.6) is 0 Å². The van der Waals surface area contributed by atoms with E-state index in [2.05, 4.69) is 39.6 Å². The maximum absolute atomic E-state index is 5.10. The Morgan fingerprint density at radius 1 is 1.05 bits per heavy atom. The molecule has 0 bridgehead atoms. The second kappa shape index (κ2) is 5.85. The molecule has 4 nitrogen and oxygen atoms in total. The third kappa shape index (κ3) is 2.98. The van der Waals surface area contributed by atoms with Gasteiger partial charge in [-0.2, -0.15) is 14.9 Å². The fraction of sp³-hybridized carbons (Fsp3) is 0.0625. The van der Waals surface area contributed by atoms with E-state index in [1.165, 1.54) is 11.1 Å². The van der Waals surface area contributed by atoms with Gasteiger partial charge < -0.3 is 0 Å². The highest BCUT2D eigenvalue weighted by molar-refractivity contribution is 7.71. The molecule has 0 saturated heterocycles. The molecule has 1 heterocycles. The van der Waals surface area contributed by atoms with Crippen molar-refractivity contribution in [2.45, 2.75) is 6.92 Å². The van der Waals surface area contributed by atoms with Gasteiger partial charge in [0.25, 0.3) is 0 Å². The lowest BCUT2D eigenvalue weighted by Crippen LogP contribution is -1.93. The van der Waals surface area contributed by atoms with Gasteiger partial charge in [0.15, 0.2) is 0 Å². The van der Waals surface area contributed by atoms with Gasteiger partial charge in [0.2, 0.25) is 4.77 Å². The van der Waals surface area contributed by atoms with Gasteiger partial charge >= 0.3 is 0 Å². The zero-order valence-corrected chi connectivity index (χ0v) is 12.3. The van der Waals surface area contributed by atoms with Gasteiger partial charge in [0.1, 0.15) is 5.82 Å². The second-order valence-corrected chi connectivity index (χ2v) is 5.01. The first kappa shape index (κ1) is 13.5. The van der Waals surface area contributed by atoms with Crippen molar-refractivity contribution in [3.63, 3.8) is 0 Å². The van der Waals surface area contributed by atoms with Crippen LogP contribution < -0.4 is 0 Å². The summed E-state index contributed by atoms with van der Waals surface area (Å²) in [7, 11) is 0. The summed E-state index contributed by atoms with van der Waals surface area (Å²) in [5.41, 5.74) is 3.40. The lowest BCUT2D eigenvalue weighted by Gasteiger charge is -2.01. The first-order valence-corrected chi connectivity index (χ1v) is 6.99. The van der Waals surface area contributed by atoms with E-state index in [9.17, 15) is 0 Å². The summed E-state index contributed by atoms with van der Waals surface area (Å²) in [5, 5.41) is 11.1. The summed E-state index contributed by atoms with van der Waals surface area (Å²) in [6, 6.07) is 18.5. The number of nitrogens with zero attached hydrogens (tertiary/aromatic N) is 3. The molecule has 0 atom stereocenters. The minimum Gasteiger partial charge on any atom is -0.250 e. The lowest BCUT2D eigenvalue weighted by atomic mass is 10.0. The van der Waals surface area contributed by atoms with E-state index >= 15 is 0 Å². The molecule has 0 unspecified atom stereocenters. The Bertz CT molecular complexity index is 813. The molecule has 0 saturated carbocycles. The van der Waals surface area contributed by atoms with Crippen molar-refractivity contribution in [3.8, 4) is 11.1 Å². The van der Waals surface area contributed by atoms with Crippen molar-refractivity contribution >= 4 is 18.4 Å². The Morgan fingerprint density at radius 3 is 2.33 bits per heavy atom. The normalized spacial score (nSPS) is 11.1. The fourth-order valence-electron chi connectivity index (χ4n) is 2.02. The van der Waals surface area contributed by atoms with Gasteiger partial charge in [0, 0.05) is 0 Å². The minimum absolute atomic E-state index is 0.490. The summed E-state index contributed by atoms with van der Waals surface area (Å²) >= 11 is 5.10. The predicted molar refractivity (Wildman–Crippen MR) is 87.0 cm³/mol. The van der Waals surface area contributed by atoms with Crippen LogP contribution in [0.15, 0.2) is 59.7 Å². The quantitative estimate of drug-likeness (QED) is 0.590. The third-order valence-electron chi connectivity index (χ3n) is 3.15. The van der Waals surface area contributed by atoms with Crippen LogP contribution in [0.2, 0.25) is 0 Å². The molecule has 1 N–H and O–H groups in total. The van der Waals surface area contributed by atoms with Crippen molar-refractivity contribution in [3.05, 3.63) is 70.8 Å². The lowest BCUT2D eigenvalue weighted by molar-refractivity contribution is 0.821. The number of aromatic amines is 1. The van der Waals surface area contributed by atoms with Gasteiger partial charge in [0.05, 0.1) is 6.21 Å². The molecule has 0 spiro atoms. The number of hydrogen-bond acceptors (Lipinski definition) is 3. The minimum atomic E-state index is 0.490. The SMILES string of the molecule is Cc1n[nH]c(=S)n1/N=C\c1ccc(-c2ccccc2)cc1. The number of aromatic nitrogens is 3. The average molecular weight is 294 g/mol. The Labute approximate surface area is 127 Å². The molecule has 0 fully saturated rings. The third-order valence-corrected chi connectivity index (χ3v) is 3.42. The Hall–Kier alpha value is -2.53. The first-order valence-electron chi connectivity index (χ1n) is 6.58. The largest absolute Gasteiger partial charge is 0.250 e. The zero-order chi connectivity index (χ0) is 14.7. The highest BCUT2D eigenvalue weighted by Crippen LogP contribution is 2.18. The van der Waals surface area contributed by atoms with Crippen LogP contribution in [0.4, 0.5) is 0 Å². The van der Waals surface area contributed by atoms with Crippen LogP contribution in [-0.2, 0) is 0 Å². The molecule has 21 heavy (non-hydrogen) atoms. The number of benzene rings is 2. The molecule has 0 aliphatic rings. The summed E-state index contributed by atoms with van der Waals surface area (Å²) < 4.78 is 2.09. The van der Waals surface area contributed by atoms with E-state index in [1.807, 2.05) is 37.3 Å². The van der Waals surface area contributed by atoms with Gasteiger partial charge in [-0.25, -0.2) is 0 Å². The molecule has 0 radical (unpaired) electrons. The van der Waals surface area contributed by atoms with Gasteiger partial charge in [-0.05, 0) is 35.8 Å². The highest BCUT2D eigenvalue weighted by Gasteiger charge is 1.98. The molecule has 0 amide bonds. The monoisotopic (exact) mass is 294 g/mol. The Balaban J connectivity index is 1.84. The van der Waals surface area contributed by atoms with E-state index in [1.54, 1.807) is 10.9 Å². The maximum Gasteiger partial charge on any atom is 0.216 e. The molecule has 5 heteroatoms. The Morgan fingerprint density at radius 2 is 1.71 bits per heavy atom. The first-order chi connectivity index (χ1) is 10.2. The van der Waals surface area contributed by atoms with Crippen LogP contribution in [-0.4, -0.2) is 21.1 Å². The van der Waals surface area contributed by atoms with Gasteiger partial charge in [-0.1, -0.05) is 54.6 Å². The van der Waals surface area contributed by atoms with E-state index < -0.39 is 0 Å². The van der Waals surface area contributed by atoms with Crippen LogP contribution in [0, 0.1) is 11.7 Å². The maximum atomic E-state index is 5.10. The number of H-pyrrole nitrogens is 1. The molecule has 2 aromatic carbocycles. The molecule has 0 aliphatic heterocycles. The summed E-state index contributed by atoms with van der Waals surface area (Å²) in [4.78, 5) is 0. The fourth-order valence-corrected chi connectivity index (χ4v) is 2.25. The van der Waals surface area contributed by atoms with Crippen LogP contribution in [0.25, 0.3) is 11.1 Å². The van der Waals surface area contributed by atoms with Gasteiger partial charge in [-0.15, -0.1) is 0 Å². The molecule has 3 aromatic rings. The van der Waals surface area contributed by atoms with Crippen LogP contribution >= 0.6 is 12.2 Å². The summed E-state index contributed by atoms with van der Waals surface area (Å²) in [6.07, 6.45) is 1.77. The van der Waals surface area contributed by atoms with Crippen molar-refractivity contribution in [2.24, 2.45) is 5.10 Å². The Kier molecular flexibility index (Phi) is 3.75. The predicted octanol–water partition coefficient (Wildman–Crippen LogP) is 3.80. The molecular weight excluding hydrogens is 280 g/mol. The molecule has 104 valence electrons. The second-order valence-electron chi connectivity index (χ2n) is 4.62. The average Bonchev–Trinajstić information content (AvgIpc) is 2.85. The molecule has 0 aliphatic carbocycles. The molecule has 3 rings (SSSR count). The van der Waals surface area contributed by atoms with E-state index in [0.29, 0.717) is 4.77 Å². The molecular formula is C16H14N4S. The van der Waals surface area contributed by atoms with Crippen molar-refractivity contribution < 1.29 is 0 Å². The van der Waals surface area contributed by atoms with Crippen molar-refractivity contribution in [1.82, 2.24) is 14.9 Å². The van der Waals surface area contributed by atoms with E-state index in [0.717, 1.165) is 11.4 Å². The number of rotatable bonds is 3. The summed E-state index contributed by atoms with van der Waals surface area (Å²) in [5.74, 6) is 0.733. The number of nitrogens with one attached hydrogen (secondary N) is 1. The molecule has 1 aromatic heterocycles. The van der Waals surface area contributed by atoms with Gasteiger partial charge in [-0.3, -0.25) is 5.10 Å². The smallest absolute Gasteiger partial charge is 0.216 e. The summed E-state index contributed by atoms with van der Waals surface area (Å²) in [6.45, 7) is 1.85. The number of aryl methyl sites for hydroxylation is 1. The standard InChI is InChI=1S/C16H14N4S/c1-12-18-19-16(21)20(12)17-11-13-7-9-15(10-8-13)14-5-3-2-4-6-14/h2-11H,1H3,(H,19,21)/b17-11-. The van der Waals surface area contributed by atoms with E-state index in [4.69, 9.17) is 12.2 Å². The van der Waals surface area contributed by atoms with Crippen molar-refractivity contribution in [2.75, 3.05) is 0 Å². The van der Waals surface area contributed by atoms with E-state index in [-0.39, 0.29) is 0 Å². The van der Waals surface area contributed by atoms with Crippen LogP contribution in [0.1, 0.15) is 11.4 Å². The zero-order valence-electron chi connectivity index (χ0n) is 11.5. The topological polar surface area (TPSA) is 46.0 Å². The highest BCUT2D eigenvalue weighted by atomic mass is 32.1. The number of hydrogen-bond donors (Lipinski definition) is 1. The van der Waals surface area contributed by atoms with Crippen molar-refractivity contribution in [1.29, 1.82) is 0 Å². The van der Waals surface area contributed by atoms with Crippen LogP contribution in [0.3, 0.4) is 0 Å².